The molecule has 2 heterocycles. The fourth-order valence-electron chi connectivity index (χ4n) is 3.18. The van der Waals surface area contributed by atoms with Gasteiger partial charge < -0.3 is 14.8 Å². The topological polar surface area (TPSA) is 60.5 Å². The molecule has 1 atom stereocenters. The number of hydrogen-bond donors (Lipinski definition) is 1. The van der Waals surface area contributed by atoms with Gasteiger partial charge in [0.05, 0.1) is 11.7 Å². The van der Waals surface area contributed by atoms with E-state index in [9.17, 15) is 4.79 Å². The summed E-state index contributed by atoms with van der Waals surface area (Å²) >= 11 is 0. The van der Waals surface area contributed by atoms with Crippen molar-refractivity contribution in [2.24, 2.45) is 0 Å². The number of para-hydroxylation sites is 1. The molecule has 1 aliphatic rings. The quantitative estimate of drug-likeness (QED) is 0.652. The summed E-state index contributed by atoms with van der Waals surface area (Å²) in [6.45, 7) is 1.22. The highest BCUT2D eigenvalue weighted by molar-refractivity contribution is 6.06. The van der Waals surface area contributed by atoms with E-state index in [1.165, 1.54) is 0 Å². The van der Waals surface area contributed by atoms with E-state index in [4.69, 9.17) is 9.47 Å². The SMILES string of the molecule is O=C(Nc1cccc(C#Cc2ccccn2)c1)c1ccccc1OCC1CCCO1. The van der Waals surface area contributed by atoms with Gasteiger partial charge in [-0.3, -0.25) is 4.79 Å². The maximum atomic E-state index is 12.9. The highest BCUT2D eigenvalue weighted by Crippen LogP contribution is 2.22. The fourth-order valence-corrected chi connectivity index (χ4v) is 3.18. The predicted molar refractivity (Wildman–Crippen MR) is 116 cm³/mol. The lowest BCUT2D eigenvalue weighted by Crippen LogP contribution is -2.19. The molecule has 150 valence electrons. The molecule has 1 N–H and O–H groups in total. The zero-order valence-corrected chi connectivity index (χ0v) is 16.5. The lowest BCUT2D eigenvalue weighted by atomic mass is 10.1. The summed E-state index contributed by atoms with van der Waals surface area (Å²) in [5.74, 6) is 6.42. The van der Waals surface area contributed by atoms with Crippen LogP contribution in [0.15, 0.2) is 72.9 Å². The molecule has 1 aliphatic heterocycles. The van der Waals surface area contributed by atoms with E-state index in [2.05, 4.69) is 22.1 Å². The third-order valence-corrected chi connectivity index (χ3v) is 4.70. The van der Waals surface area contributed by atoms with Crippen LogP contribution in [0.1, 0.15) is 34.5 Å². The van der Waals surface area contributed by atoms with Crippen molar-refractivity contribution < 1.29 is 14.3 Å². The number of ether oxygens (including phenoxy) is 2. The minimum Gasteiger partial charge on any atom is -0.490 e. The first kappa shape index (κ1) is 19.7. The predicted octanol–water partition coefficient (Wildman–Crippen LogP) is 4.29. The number of anilines is 1. The second-order valence-corrected chi connectivity index (χ2v) is 6.94. The number of carbonyl (C=O) groups is 1. The fraction of sp³-hybridized carbons (Fsp3) is 0.200. The molecule has 5 nitrogen and oxygen atoms in total. The molecule has 0 aliphatic carbocycles. The zero-order valence-electron chi connectivity index (χ0n) is 16.5. The molecule has 2 aromatic carbocycles. The second-order valence-electron chi connectivity index (χ2n) is 6.94. The maximum Gasteiger partial charge on any atom is 0.259 e. The normalized spacial score (nSPS) is 15.1. The summed E-state index contributed by atoms with van der Waals surface area (Å²) in [6.07, 6.45) is 3.84. The molecule has 0 saturated carbocycles. The smallest absolute Gasteiger partial charge is 0.259 e. The first-order chi connectivity index (χ1) is 14.8. The molecule has 1 unspecified atom stereocenters. The summed E-state index contributed by atoms with van der Waals surface area (Å²) < 4.78 is 11.5. The van der Waals surface area contributed by atoms with Gasteiger partial charge >= 0.3 is 0 Å². The maximum absolute atomic E-state index is 12.9. The number of amides is 1. The molecule has 30 heavy (non-hydrogen) atoms. The third-order valence-electron chi connectivity index (χ3n) is 4.70. The van der Waals surface area contributed by atoms with Crippen LogP contribution in [-0.2, 0) is 4.74 Å². The van der Waals surface area contributed by atoms with Gasteiger partial charge in [-0.05, 0) is 61.2 Å². The van der Waals surface area contributed by atoms with Crippen molar-refractivity contribution in [3.8, 4) is 17.6 Å². The zero-order chi connectivity index (χ0) is 20.6. The molecule has 1 saturated heterocycles. The number of pyridine rings is 1. The van der Waals surface area contributed by atoms with Gasteiger partial charge in [0.25, 0.3) is 5.91 Å². The van der Waals surface area contributed by atoms with Gasteiger partial charge in [0.1, 0.15) is 18.1 Å². The van der Waals surface area contributed by atoms with Crippen LogP contribution in [0.2, 0.25) is 0 Å². The number of benzene rings is 2. The average molecular weight is 398 g/mol. The monoisotopic (exact) mass is 398 g/mol. The molecule has 3 aromatic rings. The molecular weight excluding hydrogens is 376 g/mol. The number of nitrogens with zero attached hydrogens (tertiary/aromatic N) is 1. The van der Waals surface area contributed by atoms with Crippen LogP contribution in [-0.4, -0.2) is 30.2 Å². The minimum absolute atomic E-state index is 0.0930. The molecule has 1 fully saturated rings. The van der Waals surface area contributed by atoms with Crippen LogP contribution in [0.3, 0.4) is 0 Å². The Labute approximate surface area is 176 Å². The summed E-state index contributed by atoms with van der Waals surface area (Å²) in [5, 5.41) is 2.93. The van der Waals surface area contributed by atoms with Crippen LogP contribution in [0, 0.1) is 11.8 Å². The first-order valence-electron chi connectivity index (χ1n) is 9.96. The molecule has 0 radical (unpaired) electrons. The van der Waals surface area contributed by atoms with Gasteiger partial charge in [0.2, 0.25) is 0 Å². The molecular formula is C25H22N2O3. The number of hydrogen-bond acceptors (Lipinski definition) is 4. The Kier molecular flexibility index (Phi) is 6.38. The number of rotatable bonds is 5. The lowest BCUT2D eigenvalue weighted by molar-refractivity contribution is 0.0673. The second kappa shape index (κ2) is 9.73. The van der Waals surface area contributed by atoms with E-state index >= 15 is 0 Å². The Morgan fingerprint density at radius 1 is 1.10 bits per heavy atom. The third kappa shape index (κ3) is 5.25. The van der Waals surface area contributed by atoms with Gasteiger partial charge in [-0.15, -0.1) is 0 Å². The van der Waals surface area contributed by atoms with Crippen molar-refractivity contribution in [3.63, 3.8) is 0 Å². The number of nitrogens with one attached hydrogen (secondary N) is 1. The van der Waals surface area contributed by atoms with Gasteiger partial charge in [0.15, 0.2) is 0 Å². The highest BCUT2D eigenvalue weighted by atomic mass is 16.5. The van der Waals surface area contributed by atoms with Crippen LogP contribution < -0.4 is 10.1 Å². The van der Waals surface area contributed by atoms with Gasteiger partial charge in [0, 0.05) is 24.1 Å². The summed E-state index contributed by atoms with van der Waals surface area (Å²) in [7, 11) is 0. The Bertz CT molecular complexity index is 1060. The van der Waals surface area contributed by atoms with Crippen molar-refractivity contribution in [1.82, 2.24) is 4.98 Å². The molecule has 5 heteroatoms. The molecule has 0 bridgehead atoms. The van der Waals surface area contributed by atoms with Crippen molar-refractivity contribution in [2.75, 3.05) is 18.5 Å². The van der Waals surface area contributed by atoms with Gasteiger partial charge in [-0.2, -0.15) is 0 Å². The van der Waals surface area contributed by atoms with Crippen molar-refractivity contribution in [2.45, 2.75) is 18.9 Å². The molecule has 1 amide bonds. The van der Waals surface area contributed by atoms with E-state index in [0.29, 0.717) is 29.3 Å². The van der Waals surface area contributed by atoms with E-state index in [-0.39, 0.29) is 12.0 Å². The molecule has 1 aromatic heterocycles. The number of aromatic nitrogens is 1. The largest absolute Gasteiger partial charge is 0.490 e. The van der Waals surface area contributed by atoms with Crippen LogP contribution in [0.4, 0.5) is 5.69 Å². The Morgan fingerprint density at radius 3 is 2.83 bits per heavy atom. The van der Waals surface area contributed by atoms with Crippen LogP contribution in [0.5, 0.6) is 5.75 Å². The first-order valence-corrected chi connectivity index (χ1v) is 9.96. The molecule has 4 rings (SSSR count). The number of carbonyl (C=O) groups excluding carboxylic acids is 1. The van der Waals surface area contributed by atoms with E-state index < -0.39 is 0 Å². The van der Waals surface area contributed by atoms with Crippen molar-refractivity contribution in [3.05, 3.63) is 89.7 Å². The van der Waals surface area contributed by atoms with E-state index in [0.717, 1.165) is 25.0 Å². The van der Waals surface area contributed by atoms with Gasteiger partial charge in [-0.1, -0.05) is 30.2 Å². The lowest BCUT2D eigenvalue weighted by Gasteiger charge is -2.14. The van der Waals surface area contributed by atoms with Crippen molar-refractivity contribution >= 4 is 11.6 Å². The van der Waals surface area contributed by atoms with Crippen LogP contribution >= 0.6 is 0 Å². The van der Waals surface area contributed by atoms with E-state index in [1.807, 2.05) is 54.6 Å². The minimum atomic E-state index is -0.229. The Morgan fingerprint density at radius 2 is 2.00 bits per heavy atom. The van der Waals surface area contributed by atoms with Crippen LogP contribution in [0.25, 0.3) is 0 Å². The van der Waals surface area contributed by atoms with E-state index in [1.54, 1.807) is 18.3 Å². The average Bonchev–Trinajstić information content (AvgIpc) is 3.31. The van der Waals surface area contributed by atoms with Gasteiger partial charge in [-0.25, -0.2) is 4.98 Å². The molecule has 0 spiro atoms. The van der Waals surface area contributed by atoms with Crippen molar-refractivity contribution in [1.29, 1.82) is 0 Å². The summed E-state index contributed by atoms with van der Waals surface area (Å²) in [5.41, 5.74) is 2.65. The standard InChI is InChI=1S/C25H22N2O3/c28-25(23-11-1-2-12-24(23)30-18-22-10-6-16-29-22)27-21-9-5-7-19(17-21)13-14-20-8-3-4-15-26-20/h1-5,7-9,11-12,15,17,22H,6,10,16,18H2,(H,27,28). The highest BCUT2D eigenvalue weighted by Gasteiger charge is 2.18. The summed E-state index contributed by atoms with van der Waals surface area (Å²) in [6, 6.07) is 20.3. The Hall–Kier alpha value is -3.62. The Balaban J connectivity index is 1.45. The summed E-state index contributed by atoms with van der Waals surface area (Å²) in [4.78, 5) is 17.0.